The second-order valence-corrected chi connectivity index (χ2v) is 5.86. The van der Waals surface area contributed by atoms with Gasteiger partial charge in [0, 0.05) is 24.0 Å². The number of hydrogen-bond acceptors (Lipinski definition) is 4. The van der Waals surface area contributed by atoms with Crippen LogP contribution in [0.4, 0.5) is 5.69 Å². The minimum absolute atomic E-state index is 0.0576. The number of fused-ring (bicyclic) bond motifs is 1. The van der Waals surface area contributed by atoms with Gasteiger partial charge in [-0.3, -0.25) is 9.97 Å². The maximum atomic E-state index is 5.36. The number of anilines is 1. The molecule has 2 aromatic heterocycles. The fraction of sp³-hybridized carbons (Fsp3) is 0.176. The molecule has 5 heteroatoms. The van der Waals surface area contributed by atoms with Crippen LogP contribution in [-0.2, 0) is 4.74 Å². The number of rotatable bonds is 5. The van der Waals surface area contributed by atoms with Crippen LogP contribution in [0.5, 0.6) is 0 Å². The summed E-state index contributed by atoms with van der Waals surface area (Å²) in [4.78, 5) is 8.84. The molecule has 0 bridgehead atoms. The summed E-state index contributed by atoms with van der Waals surface area (Å²) in [6.45, 7) is 0.574. The van der Waals surface area contributed by atoms with E-state index in [9.17, 15) is 0 Å². The first kappa shape index (κ1) is 14.9. The minimum Gasteiger partial charge on any atom is -0.382 e. The highest BCUT2D eigenvalue weighted by Crippen LogP contribution is 2.26. The number of ether oxygens (including phenoxy) is 1. The van der Waals surface area contributed by atoms with E-state index < -0.39 is 0 Å². The summed E-state index contributed by atoms with van der Waals surface area (Å²) in [7, 11) is 1.71. The van der Waals surface area contributed by atoms with Gasteiger partial charge in [-0.2, -0.15) is 0 Å². The molecule has 0 aliphatic heterocycles. The zero-order chi connectivity index (χ0) is 15.4. The Bertz CT molecular complexity index is 764. The Kier molecular flexibility index (Phi) is 4.65. The zero-order valence-corrected chi connectivity index (χ0v) is 13.7. The molecule has 0 saturated carbocycles. The highest BCUT2D eigenvalue weighted by Gasteiger charge is 2.13. The van der Waals surface area contributed by atoms with Crippen molar-refractivity contribution >= 4 is 32.7 Å². The van der Waals surface area contributed by atoms with Gasteiger partial charge in [-0.05, 0) is 33.6 Å². The highest BCUT2D eigenvalue weighted by molar-refractivity contribution is 9.10. The summed E-state index contributed by atoms with van der Waals surface area (Å²) in [5.41, 5.74) is 3.82. The summed E-state index contributed by atoms with van der Waals surface area (Å²) in [5.74, 6) is 0. The van der Waals surface area contributed by atoms with Crippen molar-refractivity contribution in [2.24, 2.45) is 0 Å². The smallest absolute Gasteiger partial charge is 0.112 e. The van der Waals surface area contributed by atoms with Crippen molar-refractivity contribution in [2.45, 2.75) is 6.04 Å². The minimum atomic E-state index is 0.0576. The molecule has 0 amide bonds. The van der Waals surface area contributed by atoms with Gasteiger partial charge >= 0.3 is 0 Å². The van der Waals surface area contributed by atoms with E-state index in [1.807, 2.05) is 30.3 Å². The Morgan fingerprint density at radius 3 is 2.77 bits per heavy atom. The van der Waals surface area contributed by atoms with Gasteiger partial charge in [0.15, 0.2) is 0 Å². The van der Waals surface area contributed by atoms with Gasteiger partial charge in [-0.15, -0.1) is 0 Å². The van der Waals surface area contributed by atoms with Crippen LogP contribution in [0, 0.1) is 0 Å². The zero-order valence-electron chi connectivity index (χ0n) is 12.2. The van der Waals surface area contributed by atoms with Crippen molar-refractivity contribution in [1.29, 1.82) is 0 Å². The number of pyridine rings is 2. The van der Waals surface area contributed by atoms with Crippen molar-refractivity contribution in [3.63, 3.8) is 0 Å². The molecular formula is C17H16BrN3O. The molecule has 112 valence electrons. The fourth-order valence-electron chi connectivity index (χ4n) is 2.38. The monoisotopic (exact) mass is 357 g/mol. The highest BCUT2D eigenvalue weighted by atomic mass is 79.9. The first-order chi connectivity index (χ1) is 10.8. The summed E-state index contributed by atoms with van der Waals surface area (Å²) in [6, 6.07) is 14.2. The van der Waals surface area contributed by atoms with Crippen molar-refractivity contribution in [2.75, 3.05) is 19.0 Å². The maximum Gasteiger partial charge on any atom is 0.112 e. The Morgan fingerprint density at radius 1 is 1.18 bits per heavy atom. The van der Waals surface area contributed by atoms with Crippen molar-refractivity contribution in [3.05, 3.63) is 64.9 Å². The molecule has 0 aliphatic rings. The van der Waals surface area contributed by atoms with Gasteiger partial charge < -0.3 is 10.1 Å². The Hall–Kier alpha value is -1.98. The number of halogens is 1. The number of benzene rings is 1. The molecule has 22 heavy (non-hydrogen) atoms. The molecule has 0 aliphatic carbocycles. The second kappa shape index (κ2) is 6.85. The van der Waals surface area contributed by atoms with E-state index in [0.717, 1.165) is 21.2 Å². The molecule has 0 radical (unpaired) electrons. The second-order valence-electron chi connectivity index (χ2n) is 4.94. The molecule has 0 fully saturated rings. The predicted molar refractivity (Wildman–Crippen MR) is 91.9 cm³/mol. The van der Waals surface area contributed by atoms with Gasteiger partial charge in [0.25, 0.3) is 0 Å². The Balaban J connectivity index is 1.96. The van der Waals surface area contributed by atoms with Gasteiger partial charge in [0.2, 0.25) is 0 Å². The van der Waals surface area contributed by atoms with E-state index >= 15 is 0 Å². The lowest BCUT2D eigenvalue weighted by Crippen LogP contribution is -2.16. The summed E-state index contributed by atoms with van der Waals surface area (Å²) in [5, 5.41) is 3.52. The molecule has 0 saturated heterocycles. The van der Waals surface area contributed by atoms with Crippen molar-refractivity contribution < 1.29 is 4.74 Å². The van der Waals surface area contributed by atoms with Crippen LogP contribution in [0.3, 0.4) is 0 Å². The third-order valence-corrected chi connectivity index (χ3v) is 3.84. The Morgan fingerprint density at radius 2 is 2.00 bits per heavy atom. The van der Waals surface area contributed by atoms with E-state index in [0.29, 0.717) is 6.61 Å². The number of aromatic nitrogens is 2. The van der Waals surface area contributed by atoms with Crippen molar-refractivity contribution in [3.8, 4) is 0 Å². The van der Waals surface area contributed by atoms with Crippen LogP contribution in [0.2, 0.25) is 0 Å². The van der Waals surface area contributed by atoms with Crippen LogP contribution in [0.15, 0.2) is 59.3 Å². The van der Waals surface area contributed by atoms with E-state index in [1.165, 1.54) is 5.56 Å². The van der Waals surface area contributed by atoms with Crippen LogP contribution in [0.1, 0.15) is 11.6 Å². The standard InChI is InChI=1S/C17H16BrN3O/c1-22-11-16(12-5-3-2-4-6-12)21-14-7-8-19-15-9-13(18)10-20-17(14)15/h2-10,16H,11H2,1H3,(H,19,21). The molecule has 3 rings (SSSR count). The number of nitrogens with one attached hydrogen (secondary N) is 1. The quantitative estimate of drug-likeness (QED) is 0.743. The fourth-order valence-corrected chi connectivity index (χ4v) is 2.70. The van der Waals surface area contributed by atoms with Gasteiger partial charge in [0.1, 0.15) is 5.52 Å². The number of methoxy groups -OCH3 is 1. The average molecular weight is 358 g/mol. The predicted octanol–water partition coefficient (Wildman–Crippen LogP) is 4.19. The molecule has 1 N–H and O–H groups in total. The van der Waals surface area contributed by atoms with E-state index in [-0.39, 0.29) is 6.04 Å². The lowest BCUT2D eigenvalue weighted by atomic mass is 10.1. The molecule has 2 heterocycles. The van der Waals surface area contributed by atoms with Crippen LogP contribution in [-0.4, -0.2) is 23.7 Å². The topological polar surface area (TPSA) is 47.0 Å². The third kappa shape index (κ3) is 3.26. The molecule has 0 spiro atoms. The van der Waals surface area contributed by atoms with Crippen LogP contribution < -0.4 is 5.32 Å². The molecule has 1 atom stereocenters. The summed E-state index contributed by atoms with van der Waals surface area (Å²) < 4.78 is 6.27. The lowest BCUT2D eigenvalue weighted by molar-refractivity contribution is 0.186. The first-order valence-electron chi connectivity index (χ1n) is 6.98. The molecule has 3 aromatic rings. The number of nitrogens with zero attached hydrogens (tertiary/aromatic N) is 2. The average Bonchev–Trinajstić information content (AvgIpc) is 2.55. The molecular weight excluding hydrogens is 342 g/mol. The van der Waals surface area contributed by atoms with Crippen molar-refractivity contribution in [1.82, 2.24) is 9.97 Å². The van der Waals surface area contributed by atoms with E-state index in [4.69, 9.17) is 4.74 Å². The number of hydrogen-bond donors (Lipinski definition) is 1. The van der Waals surface area contributed by atoms with Gasteiger partial charge in [-0.1, -0.05) is 30.3 Å². The Labute approximate surface area is 137 Å². The van der Waals surface area contributed by atoms with Gasteiger partial charge in [0.05, 0.1) is 23.9 Å². The van der Waals surface area contributed by atoms with E-state index in [1.54, 1.807) is 19.5 Å². The van der Waals surface area contributed by atoms with Crippen LogP contribution >= 0.6 is 15.9 Å². The van der Waals surface area contributed by atoms with E-state index in [2.05, 4.69) is 43.3 Å². The SMILES string of the molecule is COCC(Nc1ccnc2cc(Br)cnc12)c1ccccc1. The summed E-state index contributed by atoms with van der Waals surface area (Å²) in [6.07, 6.45) is 3.57. The summed E-state index contributed by atoms with van der Waals surface area (Å²) >= 11 is 3.43. The molecule has 1 unspecified atom stereocenters. The normalized spacial score (nSPS) is 12.3. The first-order valence-corrected chi connectivity index (χ1v) is 7.78. The third-order valence-electron chi connectivity index (χ3n) is 3.41. The largest absolute Gasteiger partial charge is 0.382 e. The molecule has 4 nitrogen and oxygen atoms in total. The van der Waals surface area contributed by atoms with Gasteiger partial charge in [-0.25, -0.2) is 0 Å². The van der Waals surface area contributed by atoms with Crippen LogP contribution in [0.25, 0.3) is 11.0 Å². The lowest BCUT2D eigenvalue weighted by Gasteiger charge is -2.20. The molecule has 1 aromatic carbocycles. The maximum absolute atomic E-state index is 5.36.